The Morgan fingerprint density at radius 2 is 1.80 bits per heavy atom. The van der Waals surface area contributed by atoms with Gasteiger partial charge in [-0.15, -0.1) is 0 Å². The third kappa shape index (κ3) is 3.33. The van der Waals surface area contributed by atoms with E-state index in [1.807, 2.05) is 17.0 Å². The van der Waals surface area contributed by atoms with Gasteiger partial charge in [0.2, 0.25) is 5.91 Å². The van der Waals surface area contributed by atoms with Gasteiger partial charge in [0.15, 0.2) is 0 Å². The van der Waals surface area contributed by atoms with Crippen molar-refractivity contribution in [2.45, 2.75) is 33.6 Å². The Bertz CT molecular complexity index is 458. The smallest absolute Gasteiger partial charge is 0.232 e. The largest absolute Gasteiger partial charge is 0.384 e. The van der Waals surface area contributed by atoms with Crippen LogP contribution in [0.3, 0.4) is 0 Å². The number of fused-ring (bicyclic) bond motifs is 1. The van der Waals surface area contributed by atoms with Crippen molar-refractivity contribution in [1.29, 1.82) is 0 Å². The Morgan fingerprint density at radius 1 is 1.20 bits per heavy atom. The van der Waals surface area contributed by atoms with Gasteiger partial charge in [0.25, 0.3) is 0 Å². The lowest BCUT2D eigenvalue weighted by atomic mass is 9.98. The first-order valence-corrected chi connectivity index (χ1v) is 7.60. The van der Waals surface area contributed by atoms with Crippen LogP contribution in [0.1, 0.15) is 39.2 Å². The molecule has 0 fully saturated rings. The summed E-state index contributed by atoms with van der Waals surface area (Å²) in [6.45, 7) is 11.1. The first kappa shape index (κ1) is 14.9. The molecule has 0 aromatic heterocycles. The minimum atomic E-state index is -0.0244. The Labute approximate surface area is 122 Å². The van der Waals surface area contributed by atoms with Gasteiger partial charge in [-0.05, 0) is 23.5 Å². The fourth-order valence-corrected chi connectivity index (χ4v) is 2.86. The van der Waals surface area contributed by atoms with Crippen molar-refractivity contribution in [2.75, 3.05) is 25.0 Å². The summed E-state index contributed by atoms with van der Waals surface area (Å²) >= 11 is 0. The second kappa shape index (κ2) is 6.29. The highest BCUT2D eigenvalue weighted by Gasteiger charge is 2.31. The molecular formula is C17H26N2O. The number of nitrogens with one attached hydrogen (secondary N) is 1. The molecule has 0 bridgehead atoms. The third-order valence-corrected chi connectivity index (χ3v) is 3.61. The number of nitrogens with zero attached hydrogens (tertiary/aromatic N) is 1. The highest BCUT2D eigenvalue weighted by Crippen LogP contribution is 2.32. The van der Waals surface area contributed by atoms with Crippen LogP contribution in [0.4, 0.5) is 5.69 Å². The van der Waals surface area contributed by atoms with Gasteiger partial charge in [0.05, 0.1) is 5.92 Å². The molecule has 1 heterocycles. The summed E-state index contributed by atoms with van der Waals surface area (Å²) < 4.78 is 0. The second-order valence-corrected chi connectivity index (χ2v) is 6.55. The molecule has 3 heteroatoms. The number of hydrogen-bond donors (Lipinski definition) is 1. The minimum Gasteiger partial charge on any atom is -0.384 e. The third-order valence-electron chi connectivity index (χ3n) is 3.61. The van der Waals surface area contributed by atoms with Crippen molar-refractivity contribution in [1.82, 2.24) is 4.90 Å². The lowest BCUT2D eigenvalue weighted by Crippen LogP contribution is -2.40. The summed E-state index contributed by atoms with van der Waals surface area (Å²) in [5.74, 6) is 1.25. The molecule has 1 atom stereocenters. The van der Waals surface area contributed by atoms with Crippen LogP contribution in [-0.4, -0.2) is 30.4 Å². The van der Waals surface area contributed by atoms with Crippen LogP contribution in [0.15, 0.2) is 24.3 Å². The molecule has 1 aliphatic rings. The van der Waals surface area contributed by atoms with Crippen LogP contribution in [0.25, 0.3) is 0 Å². The van der Waals surface area contributed by atoms with Crippen molar-refractivity contribution in [3.63, 3.8) is 0 Å². The van der Waals surface area contributed by atoms with Crippen LogP contribution >= 0.6 is 0 Å². The fourth-order valence-electron chi connectivity index (χ4n) is 2.86. The van der Waals surface area contributed by atoms with Crippen LogP contribution in [0.2, 0.25) is 0 Å². The number of carbonyl (C=O) groups excluding carboxylic acids is 1. The maximum atomic E-state index is 12.9. The van der Waals surface area contributed by atoms with Gasteiger partial charge in [-0.25, -0.2) is 0 Å². The molecule has 0 spiro atoms. The Kier molecular flexibility index (Phi) is 4.69. The Hall–Kier alpha value is -1.51. The first-order chi connectivity index (χ1) is 9.49. The maximum Gasteiger partial charge on any atom is 0.232 e. The quantitative estimate of drug-likeness (QED) is 0.893. The number of hydrogen-bond acceptors (Lipinski definition) is 2. The van der Waals surface area contributed by atoms with E-state index in [1.165, 1.54) is 0 Å². The SMILES string of the molecule is CC(C)CN(CC(C)C)C(=O)C1CNc2ccccc21. The summed E-state index contributed by atoms with van der Waals surface area (Å²) in [6, 6.07) is 8.15. The molecule has 1 amide bonds. The molecule has 110 valence electrons. The number of carbonyl (C=O) groups is 1. The van der Waals surface area contributed by atoms with E-state index in [4.69, 9.17) is 0 Å². The maximum absolute atomic E-state index is 12.9. The predicted molar refractivity (Wildman–Crippen MR) is 83.9 cm³/mol. The monoisotopic (exact) mass is 274 g/mol. The van der Waals surface area contributed by atoms with E-state index in [-0.39, 0.29) is 11.8 Å². The summed E-state index contributed by atoms with van der Waals surface area (Å²) in [4.78, 5) is 14.9. The highest BCUT2D eigenvalue weighted by atomic mass is 16.2. The van der Waals surface area contributed by atoms with Crippen LogP contribution < -0.4 is 5.32 Å². The molecular weight excluding hydrogens is 248 g/mol. The predicted octanol–water partition coefficient (Wildman–Crippen LogP) is 3.34. The van der Waals surface area contributed by atoms with Crippen molar-refractivity contribution >= 4 is 11.6 Å². The average molecular weight is 274 g/mol. The summed E-state index contributed by atoms with van der Waals surface area (Å²) in [5, 5.41) is 3.35. The zero-order valence-electron chi connectivity index (χ0n) is 13.0. The van der Waals surface area contributed by atoms with Gasteiger partial charge >= 0.3 is 0 Å². The molecule has 0 radical (unpaired) electrons. The normalized spacial score (nSPS) is 17.2. The van der Waals surface area contributed by atoms with E-state index in [0.29, 0.717) is 11.8 Å². The molecule has 0 saturated carbocycles. The van der Waals surface area contributed by atoms with Crippen molar-refractivity contribution in [3.8, 4) is 0 Å². The molecule has 20 heavy (non-hydrogen) atoms. The van der Waals surface area contributed by atoms with E-state index in [2.05, 4.69) is 45.1 Å². The zero-order valence-corrected chi connectivity index (χ0v) is 13.0. The van der Waals surface area contributed by atoms with Gasteiger partial charge in [-0.1, -0.05) is 45.9 Å². The molecule has 0 aliphatic carbocycles. The second-order valence-electron chi connectivity index (χ2n) is 6.55. The highest BCUT2D eigenvalue weighted by molar-refractivity contribution is 5.88. The molecule has 1 aromatic rings. The van der Waals surface area contributed by atoms with E-state index in [1.54, 1.807) is 0 Å². The first-order valence-electron chi connectivity index (χ1n) is 7.60. The molecule has 1 N–H and O–H groups in total. The molecule has 3 nitrogen and oxygen atoms in total. The lowest BCUT2D eigenvalue weighted by molar-refractivity contribution is -0.133. The summed E-state index contributed by atoms with van der Waals surface area (Å²) in [7, 11) is 0. The Morgan fingerprint density at radius 3 is 2.40 bits per heavy atom. The lowest BCUT2D eigenvalue weighted by Gasteiger charge is -2.29. The van der Waals surface area contributed by atoms with Crippen molar-refractivity contribution in [3.05, 3.63) is 29.8 Å². The van der Waals surface area contributed by atoms with E-state index in [0.717, 1.165) is 30.9 Å². The van der Waals surface area contributed by atoms with Crippen LogP contribution in [0.5, 0.6) is 0 Å². The van der Waals surface area contributed by atoms with Gasteiger partial charge in [-0.3, -0.25) is 4.79 Å². The van der Waals surface area contributed by atoms with E-state index < -0.39 is 0 Å². The van der Waals surface area contributed by atoms with E-state index in [9.17, 15) is 4.79 Å². The standard InChI is InChI=1S/C17H26N2O/c1-12(2)10-19(11-13(3)4)17(20)15-9-18-16-8-6-5-7-14(15)16/h5-8,12-13,15,18H,9-11H2,1-4H3. The molecule has 0 saturated heterocycles. The van der Waals surface area contributed by atoms with Gasteiger partial charge in [-0.2, -0.15) is 0 Å². The topological polar surface area (TPSA) is 32.3 Å². The number of rotatable bonds is 5. The number of benzene rings is 1. The van der Waals surface area contributed by atoms with Crippen molar-refractivity contribution < 1.29 is 4.79 Å². The number of amides is 1. The van der Waals surface area contributed by atoms with Crippen molar-refractivity contribution in [2.24, 2.45) is 11.8 Å². The minimum absolute atomic E-state index is 0.0244. The summed E-state index contributed by atoms with van der Waals surface area (Å²) in [6.07, 6.45) is 0. The van der Waals surface area contributed by atoms with Crippen LogP contribution in [-0.2, 0) is 4.79 Å². The fraction of sp³-hybridized carbons (Fsp3) is 0.588. The number of anilines is 1. The molecule has 1 aliphatic heterocycles. The zero-order chi connectivity index (χ0) is 14.7. The van der Waals surface area contributed by atoms with Gasteiger partial charge in [0.1, 0.15) is 0 Å². The average Bonchev–Trinajstić information content (AvgIpc) is 2.79. The van der Waals surface area contributed by atoms with Gasteiger partial charge in [0, 0.05) is 25.3 Å². The molecule has 2 rings (SSSR count). The number of para-hydroxylation sites is 1. The van der Waals surface area contributed by atoms with Gasteiger partial charge < -0.3 is 10.2 Å². The Balaban J connectivity index is 2.16. The molecule has 1 unspecified atom stereocenters. The molecule has 1 aromatic carbocycles. The van der Waals surface area contributed by atoms with Crippen LogP contribution in [0, 0.1) is 11.8 Å². The van der Waals surface area contributed by atoms with E-state index >= 15 is 0 Å². The summed E-state index contributed by atoms with van der Waals surface area (Å²) in [5.41, 5.74) is 2.26.